The number of ether oxygens (including phenoxy) is 1. The van der Waals surface area contributed by atoms with Crippen LogP contribution < -0.4 is 10.1 Å². The van der Waals surface area contributed by atoms with Crippen LogP contribution in [0.3, 0.4) is 0 Å². The second-order valence-corrected chi connectivity index (χ2v) is 7.04. The molecule has 1 N–H and O–H groups in total. The molecule has 0 aromatic heterocycles. The Bertz CT molecular complexity index is 404. The molecule has 0 unspecified atom stereocenters. The summed E-state index contributed by atoms with van der Waals surface area (Å²) in [5, 5.41) is 3.49. The summed E-state index contributed by atoms with van der Waals surface area (Å²) in [6.07, 6.45) is 4.65. The molecule has 3 heteroatoms. The largest absolute Gasteiger partial charge is 0.496 e. The molecule has 0 saturated carbocycles. The van der Waals surface area contributed by atoms with Crippen LogP contribution in [0.2, 0.25) is 0 Å². The molecule has 0 bridgehead atoms. The van der Waals surface area contributed by atoms with Gasteiger partial charge in [0.2, 0.25) is 0 Å². The molecule has 0 atom stereocenters. The molecule has 1 aromatic carbocycles. The van der Waals surface area contributed by atoms with Gasteiger partial charge in [-0.2, -0.15) is 0 Å². The lowest BCUT2D eigenvalue weighted by atomic mass is 9.83. The Morgan fingerprint density at radius 2 is 1.95 bits per heavy atom. The van der Waals surface area contributed by atoms with E-state index in [-0.39, 0.29) is 0 Å². The maximum Gasteiger partial charge on any atom is 0.122 e. The lowest BCUT2D eigenvalue weighted by molar-refractivity contribution is 0.300. The Morgan fingerprint density at radius 3 is 2.60 bits per heavy atom. The highest BCUT2D eigenvalue weighted by Crippen LogP contribution is 2.30. The highest BCUT2D eigenvalue weighted by Gasteiger charge is 2.18. The lowest BCUT2D eigenvalue weighted by Crippen LogP contribution is -2.23. The van der Waals surface area contributed by atoms with Gasteiger partial charge in [0.1, 0.15) is 5.75 Å². The summed E-state index contributed by atoms with van der Waals surface area (Å²) in [7, 11) is 1.74. The van der Waals surface area contributed by atoms with E-state index < -0.39 is 0 Å². The highest BCUT2D eigenvalue weighted by molar-refractivity contribution is 9.10. The van der Waals surface area contributed by atoms with Crippen molar-refractivity contribution in [3.8, 4) is 5.75 Å². The van der Waals surface area contributed by atoms with E-state index in [2.05, 4.69) is 48.1 Å². The van der Waals surface area contributed by atoms with Gasteiger partial charge in [-0.15, -0.1) is 0 Å². The topological polar surface area (TPSA) is 21.3 Å². The van der Waals surface area contributed by atoms with Gasteiger partial charge in [-0.1, -0.05) is 36.7 Å². The van der Waals surface area contributed by atoms with Crippen molar-refractivity contribution in [3.05, 3.63) is 28.2 Å². The second-order valence-electron chi connectivity index (χ2n) is 6.12. The van der Waals surface area contributed by atoms with Crippen LogP contribution in [0.25, 0.3) is 0 Å². The van der Waals surface area contributed by atoms with Crippen LogP contribution in [0.5, 0.6) is 5.75 Å². The fourth-order valence-corrected chi connectivity index (χ4v) is 2.68. The summed E-state index contributed by atoms with van der Waals surface area (Å²) < 4.78 is 6.57. The van der Waals surface area contributed by atoms with Crippen LogP contribution in [-0.2, 0) is 6.42 Å². The molecular weight excluding hydrogens is 314 g/mol. The second kappa shape index (κ2) is 8.68. The first-order valence-electron chi connectivity index (χ1n) is 7.51. The number of benzene rings is 1. The van der Waals surface area contributed by atoms with E-state index >= 15 is 0 Å². The molecule has 1 aromatic rings. The van der Waals surface area contributed by atoms with Gasteiger partial charge in [0, 0.05) is 4.47 Å². The van der Waals surface area contributed by atoms with Crippen LogP contribution in [0, 0.1) is 5.41 Å². The molecule has 0 spiro atoms. The zero-order chi connectivity index (χ0) is 15.0. The summed E-state index contributed by atoms with van der Waals surface area (Å²) in [4.78, 5) is 0. The first-order valence-corrected chi connectivity index (χ1v) is 8.31. The van der Waals surface area contributed by atoms with Gasteiger partial charge in [-0.05, 0) is 68.0 Å². The Hall–Kier alpha value is -0.540. The molecule has 2 nitrogen and oxygen atoms in total. The minimum absolute atomic E-state index is 0.355. The highest BCUT2D eigenvalue weighted by atomic mass is 79.9. The average molecular weight is 342 g/mol. The van der Waals surface area contributed by atoms with Crippen LogP contribution in [-0.4, -0.2) is 20.2 Å². The van der Waals surface area contributed by atoms with E-state index in [9.17, 15) is 0 Å². The number of aryl methyl sites for hydroxylation is 1. The number of halogens is 1. The van der Waals surface area contributed by atoms with Gasteiger partial charge in [-0.25, -0.2) is 0 Å². The normalized spacial score (nSPS) is 11.7. The van der Waals surface area contributed by atoms with Crippen molar-refractivity contribution in [1.82, 2.24) is 5.32 Å². The van der Waals surface area contributed by atoms with Crippen LogP contribution >= 0.6 is 15.9 Å². The van der Waals surface area contributed by atoms with Gasteiger partial charge in [0.25, 0.3) is 0 Å². The molecule has 1 rings (SSSR count). The van der Waals surface area contributed by atoms with Crippen molar-refractivity contribution in [2.24, 2.45) is 5.41 Å². The van der Waals surface area contributed by atoms with E-state index in [1.54, 1.807) is 7.11 Å². The molecule has 114 valence electrons. The molecule has 0 heterocycles. The van der Waals surface area contributed by atoms with Gasteiger partial charge < -0.3 is 10.1 Å². The summed E-state index contributed by atoms with van der Waals surface area (Å²) in [6, 6.07) is 6.24. The first kappa shape index (κ1) is 17.5. The first-order chi connectivity index (χ1) is 9.48. The molecule has 0 aliphatic carbocycles. The molecule has 0 aliphatic heterocycles. The standard InChI is InChI=1S/C17H28BrNO/c1-5-11-19-12-10-17(2,3)9-8-14-13-15(18)6-7-16(14)20-4/h6-7,13,19H,5,8-12H2,1-4H3. The predicted octanol–water partition coefficient (Wildman–Crippen LogP) is 4.81. The van der Waals surface area contributed by atoms with Gasteiger partial charge in [0.05, 0.1) is 7.11 Å². The number of hydrogen-bond acceptors (Lipinski definition) is 2. The molecule has 0 radical (unpaired) electrons. The van der Waals surface area contributed by atoms with Crippen molar-refractivity contribution in [3.63, 3.8) is 0 Å². The third kappa shape index (κ3) is 6.27. The minimum atomic E-state index is 0.355. The molecular formula is C17H28BrNO. The summed E-state index contributed by atoms with van der Waals surface area (Å²) in [5.41, 5.74) is 1.64. The van der Waals surface area contributed by atoms with Gasteiger partial charge in [0.15, 0.2) is 0 Å². The molecule has 0 amide bonds. The Morgan fingerprint density at radius 1 is 1.20 bits per heavy atom. The molecule has 20 heavy (non-hydrogen) atoms. The van der Waals surface area contributed by atoms with Crippen molar-refractivity contribution in [2.75, 3.05) is 20.2 Å². The van der Waals surface area contributed by atoms with Crippen molar-refractivity contribution >= 4 is 15.9 Å². The van der Waals surface area contributed by atoms with Crippen LogP contribution in [0.4, 0.5) is 0 Å². The number of hydrogen-bond donors (Lipinski definition) is 1. The van der Waals surface area contributed by atoms with Crippen LogP contribution in [0.15, 0.2) is 22.7 Å². The van der Waals surface area contributed by atoms with Gasteiger partial charge in [-0.3, -0.25) is 0 Å². The fraction of sp³-hybridized carbons (Fsp3) is 0.647. The van der Waals surface area contributed by atoms with E-state index in [1.807, 2.05) is 12.1 Å². The van der Waals surface area contributed by atoms with Crippen molar-refractivity contribution < 1.29 is 4.74 Å². The number of rotatable bonds is 9. The average Bonchev–Trinajstić information content (AvgIpc) is 2.42. The Balaban J connectivity index is 2.50. The molecule has 0 saturated heterocycles. The van der Waals surface area contributed by atoms with Gasteiger partial charge >= 0.3 is 0 Å². The predicted molar refractivity (Wildman–Crippen MR) is 90.6 cm³/mol. The van der Waals surface area contributed by atoms with Crippen molar-refractivity contribution in [2.45, 2.75) is 46.5 Å². The van der Waals surface area contributed by atoms with E-state index in [0.29, 0.717) is 5.41 Å². The zero-order valence-electron chi connectivity index (χ0n) is 13.3. The smallest absolute Gasteiger partial charge is 0.122 e. The Kier molecular flexibility index (Phi) is 7.60. The molecule has 0 aliphatic rings. The fourth-order valence-electron chi connectivity index (χ4n) is 2.27. The summed E-state index contributed by atoms with van der Waals surface area (Å²) in [6.45, 7) is 9.14. The van der Waals surface area contributed by atoms with Crippen molar-refractivity contribution in [1.29, 1.82) is 0 Å². The van der Waals surface area contributed by atoms with E-state index in [0.717, 1.165) is 29.7 Å². The SMILES string of the molecule is CCCNCCC(C)(C)CCc1cc(Br)ccc1OC. The van der Waals surface area contributed by atoms with E-state index in [1.165, 1.54) is 24.8 Å². The van der Waals surface area contributed by atoms with E-state index in [4.69, 9.17) is 4.74 Å². The monoisotopic (exact) mass is 341 g/mol. The third-order valence-corrected chi connectivity index (χ3v) is 4.21. The minimum Gasteiger partial charge on any atom is -0.496 e. The Labute approximate surface area is 132 Å². The van der Waals surface area contributed by atoms with Crippen LogP contribution in [0.1, 0.15) is 45.6 Å². The summed E-state index contributed by atoms with van der Waals surface area (Å²) in [5.74, 6) is 0.994. The third-order valence-electron chi connectivity index (χ3n) is 3.72. The zero-order valence-corrected chi connectivity index (χ0v) is 14.8. The lowest BCUT2D eigenvalue weighted by Gasteiger charge is -2.25. The quantitative estimate of drug-likeness (QED) is 0.651. The number of methoxy groups -OCH3 is 1. The molecule has 0 fully saturated rings. The summed E-state index contributed by atoms with van der Waals surface area (Å²) >= 11 is 3.54. The maximum atomic E-state index is 5.45. The number of nitrogens with one attached hydrogen (secondary N) is 1. The maximum absolute atomic E-state index is 5.45.